The number of halogens is 2. The zero-order valence-electron chi connectivity index (χ0n) is 13.0. The first-order valence-electron chi connectivity index (χ1n) is 6.85. The van der Waals surface area contributed by atoms with Gasteiger partial charge in [-0.3, -0.25) is 4.98 Å². The summed E-state index contributed by atoms with van der Waals surface area (Å²) in [4.78, 5) is 8.43. The number of hydrogen-bond acceptors (Lipinski definition) is 3. The van der Waals surface area contributed by atoms with E-state index in [4.69, 9.17) is 27.6 Å². The van der Waals surface area contributed by atoms with Crippen molar-refractivity contribution in [2.75, 3.05) is 0 Å². The molecule has 0 saturated heterocycles. The fourth-order valence-corrected chi connectivity index (χ4v) is 3.11. The van der Waals surface area contributed by atoms with Crippen LogP contribution in [0, 0.1) is 0 Å². The molecule has 0 aliphatic rings. The van der Waals surface area contributed by atoms with E-state index in [0.29, 0.717) is 16.9 Å². The van der Waals surface area contributed by atoms with Gasteiger partial charge in [0.05, 0.1) is 12.3 Å². The van der Waals surface area contributed by atoms with Crippen molar-refractivity contribution >= 4 is 42.3 Å². The maximum Gasteiger partial charge on any atom is 0.192 e. The number of nitrogens with zero attached hydrogens (tertiary/aromatic N) is 2. The summed E-state index contributed by atoms with van der Waals surface area (Å²) in [5.74, 6) is 0. The second kappa shape index (κ2) is 5.84. The molecule has 6 heteroatoms. The van der Waals surface area contributed by atoms with Gasteiger partial charge in [-0.05, 0) is 35.7 Å². The largest absolute Gasteiger partial charge is 0.411 e. The highest BCUT2D eigenvalue weighted by Gasteiger charge is 2.37. The lowest BCUT2D eigenvalue weighted by Gasteiger charge is -2.36. The lowest BCUT2D eigenvalue weighted by atomic mass is 10.2. The minimum atomic E-state index is -1.78. The van der Waals surface area contributed by atoms with E-state index in [9.17, 15) is 0 Å². The van der Waals surface area contributed by atoms with E-state index in [1.807, 2.05) is 6.07 Å². The lowest BCUT2D eigenvalue weighted by molar-refractivity contribution is 0.272. The highest BCUT2D eigenvalue weighted by molar-refractivity contribution is 6.74. The maximum absolute atomic E-state index is 6.18. The molecule has 0 fully saturated rings. The van der Waals surface area contributed by atoms with Gasteiger partial charge >= 0.3 is 0 Å². The Labute approximate surface area is 136 Å². The van der Waals surface area contributed by atoms with Gasteiger partial charge in [0.2, 0.25) is 0 Å². The average Bonchev–Trinajstić information content (AvgIpc) is 2.34. The third-order valence-electron chi connectivity index (χ3n) is 4.08. The highest BCUT2D eigenvalue weighted by atomic mass is 35.5. The van der Waals surface area contributed by atoms with Crippen LogP contribution in [0.1, 0.15) is 26.5 Å². The fourth-order valence-electron chi connectivity index (χ4n) is 1.67. The van der Waals surface area contributed by atoms with Gasteiger partial charge in [0.25, 0.3) is 0 Å². The molecule has 0 N–H and O–H groups in total. The quantitative estimate of drug-likeness (QED) is 0.548. The standard InChI is InChI=1S/C15H20Cl2N2OSi/c1-15(2,3)21(4,5)20-9-11-6-10-7-13(16)19-14(17)12(10)8-18-11/h6-8H,9H2,1-5H3. The summed E-state index contributed by atoms with van der Waals surface area (Å²) in [6.07, 6.45) is 1.73. The third kappa shape index (κ3) is 3.75. The van der Waals surface area contributed by atoms with E-state index in [-0.39, 0.29) is 5.04 Å². The molecule has 0 aromatic carbocycles. The summed E-state index contributed by atoms with van der Waals surface area (Å²) in [7, 11) is -1.78. The molecule has 0 unspecified atom stereocenters. The summed E-state index contributed by atoms with van der Waals surface area (Å²) in [6.45, 7) is 11.6. The Morgan fingerprint density at radius 3 is 2.48 bits per heavy atom. The van der Waals surface area contributed by atoms with Crippen molar-refractivity contribution in [2.45, 2.75) is 45.5 Å². The van der Waals surface area contributed by atoms with Gasteiger partial charge in [-0.15, -0.1) is 0 Å². The maximum atomic E-state index is 6.18. The second-order valence-corrected chi connectivity index (χ2v) is 12.2. The van der Waals surface area contributed by atoms with Crippen LogP contribution in [-0.4, -0.2) is 18.3 Å². The molecule has 0 saturated carbocycles. The third-order valence-corrected chi connectivity index (χ3v) is 9.04. The molecular formula is C15H20Cl2N2OSi. The van der Waals surface area contributed by atoms with Crippen molar-refractivity contribution in [3.05, 3.63) is 34.3 Å². The van der Waals surface area contributed by atoms with Crippen molar-refractivity contribution in [1.82, 2.24) is 9.97 Å². The van der Waals surface area contributed by atoms with Crippen LogP contribution in [0.5, 0.6) is 0 Å². The van der Waals surface area contributed by atoms with E-state index < -0.39 is 8.32 Å². The Balaban J connectivity index is 2.25. The van der Waals surface area contributed by atoms with E-state index in [2.05, 4.69) is 43.8 Å². The fraction of sp³-hybridized carbons (Fsp3) is 0.467. The molecule has 2 aromatic rings. The number of hydrogen-bond donors (Lipinski definition) is 0. The smallest absolute Gasteiger partial charge is 0.192 e. The first kappa shape index (κ1) is 16.7. The Morgan fingerprint density at radius 2 is 1.86 bits per heavy atom. The van der Waals surface area contributed by atoms with Crippen LogP contribution in [0.3, 0.4) is 0 Å². The van der Waals surface area contributed by atoms with Crippen LogP contribution in [0.15, 0.2) is 18.3 Å². The molecule has 2 aromatic heterocycles. The predicted molar refractivity (Wildman–Crippen MR) is 91.5 cm³/mol. The van der Waals surface area contributed by atoms with Gasteiger partial charge in [0.15, 0.2) is 8.32 Å². The Hall–Kier alpha value is -0.683. The van der Waals surface area contributed by atoms with E-state index in [1.165, 1.54) is 0 Å². The Bertz CT molecular complexity index is 669. The van der Waals surface area contributed by atoms with E-state index >= 15 is 0 Å². The lowest BCUT2D eigenvalue weighted by Crippen LogP contribution is -2.40. The molecule has 21 heavy (non-hydrogen) atoms. The summed E-state index contributed by atoms with van der Waals surface area (Å²) in [6, 6.07) is 3.75. The minimum Gasteiger partial charge on any atom is -0.411 e. The summed E-state index contributed by atoms with van der Waals surface area (Å²) < 4.78 is 6.18. The van der Waals surface area contributed by atoms with E-state index in [0.717, 1.165) is 16.5 Å². The molecule has 0 amide bonds. The molecule has 2 rings (SSSR count). The van der Waals surface area contributed by atoms with Gasteiger partial charge in [-0.2, -0.15) is 0 Å². The molecule has 0 atom stereocenters. The molecule has 0 aliphatic carbocycles. The van der Waals surface area contributed by atoms with Crippen molar-refractivity contribution in [2.24, 2.45) is 0 Å². The van der Waals surface area contributed by atoms with Crippen molar-refractivity contribution in [3.8, 4) is 0 Å². The average molecular weight is 343 g/mol. The van der Waals surface area contributed by atoms with Gasteiger partial charge in [-0.1, -0.05) is 44.0 Å². The summed E-state index contributed by atoms with van der Waals surface area (Å²) in [5, 5.41) is 2.68. The van der Waals surface area contributed by atoms with Crippen molar-refractivity contribution < 1.29 is 4.43 Å². The van der Waals surface area contributed by atoms with Crippen molar-refractivity contribution in [3.63, 3.8) is 0 Å². The molecule has 2 heterocycles. The number of pyridine rings is 2. The van der Waals surface area contributed by atoms with Gasteiger partial charge in [0.1, 0.15) is 10.3 Å². The summed E-state index contributed by atoms with van der Waals surface area (Å²) >= 11 is 12.0. The summed E-state index contributed by atoms with van der Waals surface area (Å²) in [5.41, 5.74) is 0.880. The molecule has 3 nitrogen and oxygen atoms in total. The second-order valence-electron chi connectivity index (χ2n) is 6.68. The zero-order chi connectivity index (χ0) is 15.8. The van der Waals surface area contributed by atoms with Crippen LogP contribution in [0.4, 0.5) is 0 Å². The van der Waals surface area contributed by atoms with Crippen LogP contribution in [0.2, 0.25) is 28.4 Å². The van der Waals surface area contributed by atoms with Crippen LogP contribution < -0.4 is 0 Å². The highest BCUT2D eigenvalue weighted by Crippen LogP contribution is 2.37. The first-order chi connectivity index (χ1) is 9.60. The van der Waals surface area contributed by atoms with Gasteiger partial charge < -0.3 is 4.43 Å². The first-order valence-corrected chi connectivity index (χ1v) is 10.5. The normalized spacial score (nSPS) is 12.9. The van der Waals surface area contributed by atoms with Crippen LogP contribution in [0.25, 0.3) is 10.8 Å². The molecule has 0 aliphatic heterocycles. The predicted octanol–water partition coefficient (Wildman–Crippen LogP) is 5.46. The van der Waals surface area contributed by atoms with Gasteiger partial charge in [0, 0.05) is 11.6 Å². The topological polar surface area (TPSA) is 35.0 Å². The number of rotatable bonds is 3. The molecular weight excluding hydrogens is 323 g/mol. The number of fused-ring (bicyclic) bond motifs is 1. The minimum absolute atomic E-state index is 0.181. The SMILES string of the molecule is CC(C)(C)[Si](C)(C)OCc1cc2cc(Cl)nc(Cl)c2cn1. The number of aromatic nitrogens is 2. The molecule has 0 spiro atoms. The zero-order valence-corrected chi connectivity index (χ0v) is 15.5. The van der Waals surface area contributed by atoms with Crippen molar-refractivity contribution in [1.29, 1.82) is 0 Å². The van der Waals surface area contributed by atoms with Gasteiger partial charge in [-0.25, -0.2) is 4.98 Å². The molecule has 0 radical (unpaired) electrons. The monoisotopic (exact) mass is 342 g/mol. The Morgan fingerprint density at radius 1 is 1.19 bits per heavy atom. The molecule has 0 bridgehead atoms. The van der Waals surface area contributed by atoms with Crippen LogP contribution in [-0.2, 0) is 11.0 Å². The molecule has 114 valence electrons. The van der Waals surface area contributed by atoms with E-state index in [1.54, 1.807) is 12.3 Å². The Kier molecular flexibility index (Phi) is 4.64. The van der Waals surface area contributed by atoms with Crippen LogP contribution >= 0.6 is 23.2 Å².